The average molecular weight is 377 g/mol. The first-order valence-corrected chi connectivity index (χ1v) is 9.12. The number of nitrogens with one attached hydrogen (secondary N) is 1. The molecule has 0 unspecified atom stereocenters. The zero-order chi connectivity index (χ0) is 20.1. The van der Waals surface area contributed by atoms with Gasteiger partial charge in [0.25, 0.3) is 5.56 Å². The Kier molecular flexibility index (Phi) is 6.01. The van der Waals surface area contributed by atoms with Crippen molar-refractivity contribution < 1.29 is 9.90 Å². The summed E-state index contributed by atoms with van der Waals surface area (Å²) in [6.07, 6.45) is 0.201. The molecule has 2 aromatic carbocycles. The van der Waals surface area contributed by atoms with Gasteiger partial charge in [0.15, 0.2) is 0 Å². The molecular formula is C22H23N3O3. The van der Waals surface area contributed by atoms with Crippen LogP contribution in [0.1, 0.15) is 16.8 Å². The molecule has 144 valence electrons. The second-order valence-electron chi connectivity index (χ2n) is 6.64. The van der Waals surface area contributed by atoms with Crippen molar-refractivity contribution in [1.29, 1.82) is 0 Å². The zero-order valence-corrected chi connectivity index (χ0v) is 16.0. The molecule has 3 aromatic rings. The number of anilines is 1. The Morgan fingerprint density at radius 2 is 1.75 bits per heavy atom. The third-order valence-electron chi connectivity index (χ3n) is 4.50. The summed E-state index contributed by atoms with van der Waals surface area (Å²) in [5.41, 5.74) is 3.19. The molecule has 0 saturated heterocycles. The summed E-state index contributed by atoms with van der Waals surface area (Å²) in [5, 5.41) is 12.1. The van der Waals surface area contributed by atoms with Crippen molar-refractivity contribution in [3.8, 4) is 11.4 Å². The van der Waals surface area contributed by atoms with Crippen LogP contribution in [0.2, 0.25) is 0 Å². The SMILES string of the molecule is Cc1ccc(NC(=O)Cn2c(-c3ccccc3)nc(C)c(CCO)c2=O)cc1. The molecule has 0 aliphatic carbocycles. The van der Waals surface area contributed by atoms with E-state index in [4.69, 9.17) is 0 Å². The molecule has 1 amide bonds. The molecule has 0 fully saturated rings. The second-order valence-corrected chi connectivity index (χ2v) is 6.64. The Morgan fingerprint density at radius 1 is 1.07 bits per heavy atom. The van der Waals surface area contributed by atoms with Crippen LogP contribution in [0.3, 0.4) is 0 Å². The molecule has 1 aromatic heterocycles. The molecular weight excluding hydrogens is 354 g/mol. The highest BCUT2D eigenvalue weighted by Crippen LogP contribution is 2.17. The van der Waals surface area contributed by atoms with Gasteiger partial charge in [-0.05, 0) is 26.0 Å². The van der Waals surface area contributed by atoms with Crippen molar-refractivity contribution in [2.75, 3.05) is 11.9 Å². The molecule has 0 aliphatic heterocycles. The Morgan fingerprint density at radius 3 is 2.39 bits per heavy atom. The molecule has 0 spiro atoms. The van der Waals surface area contributed by atoms with Gasteiger partial charge in [-0.3, -0.25) is 14.2 Å². The van der Waals surface area contributed by atoms with Crippen molar-refractivity contribution in [3.05, 3.63) is 81.8 Å². The van der Waals surface area contributed by atoms with Crippen molar-refractivity contribution in [2.45, 2.75) is 26.8 Å². The summed E-state index contributed by atoms with van der Waals surface area (Å²) in [4.78, 5) is 30.2. The Labute approximate surface area is 163 Å². The van der Waals surface area contributed by atoms with E-state index in [0.717, 1.165) is 11.1 Å². The molecule has 0 atom stereocenters. The number of aliphatic hydroxyl groups excluding tert-OH is 1. The van der Waals surface area contributed by atoms with Gasteiger partial charge in [-0.2, -0.15) is 0 Å². The summed E-state index contributed by atoms with van der Waals surface area (Å²) in [5.74, 6) is 0.118. The Hall–Kier alpha value is -3.25. The molecule has 0 aliphatic rings. The van der Waals surface area contributed by atoms with Gasteiger partial charge < -0.3 is 10.4 Å². The van der Waals surface area contributed by atoms with Gasteiger partial charge in [0.2, 0.25) is 5.91 Å². The van der Waals surface area contributed by atoms with Crippen molar-refractivity contribution in [1.82, 2.24) is 9.55 Å². The third-order valence-corrected chi connectivity index (χ3v) is 4.50. The lowest BCUT2D eigenvalue weighted by atomic mass is 10.1. The lowest BCUT2D eigenvalue weighted by Crippen LogP contribution is -2.33. The minimum Gasteiger partial charge on any atom is -0.396 e. The first kappa shape index (κ1) is 19.5. The lowest BCUT2D eigenvalue weighted by molar-refractivity contribution is -0.116. The maximum atomic E-state index is 13.0. The van der Waals surface area contributed by atoms with Crippen LogP contribution in [0.5, 0.6) is 0 Å². The fourth-order valence-corrected chi connectivity index (χ4v) is 3.04. The predicted octanol–water partition coefficient (Wildman–Crippen LogP) is 2.70. The van der Waals surface area contributed by atoms with Crippen LogP contribution < -0.4 is 10.9 Å². The smallest absolute Gasteiger partial charge is 0.257 e. The van der Waals surface area contributed by atoms with Crippen LogP contribution in [0.25, 0.3) is 11.4 Å². The minimum absolute atomic E-state index is 0.155. The van der Waals surface area contributed by atoms with E-state index in [1.165, 1.54) is 4.57 Å². The number of hydrogen-bond donors (Lipinski definition) is 2. The van der Waals surface area contributed by atoms with Gasteiger partial charge in [-0.15, -0.1) is 0 Å². The summed E-state index contributed by atoms with van der Waals surface area (Å²) >= 11 is 0. The molecule has 6 heteroatoms. The normalized spacial score (nSPS) is 10.7. The molecule has 3 rings (SSSR count). The van der Waals surface area contributed by atoms with Gasteiger partial charge >= 0.3 is 0 Å². The van der Waals surface area contributed by atoms with E-state index in [2.05, 4.69) is 10.3 Å². The zero-order valence-electron chi connectivity index (χ0n) is 16.0. The maximum absolute atomic E-state index is 13.0. The van der Waals surface area contributed by atoms with Crippen LogP contribution in [0, 0.1) is 13.8 Å². The average Bonchev–Trinajstić information content (AvgIpc) is 2.69. The summed E-state index contributed by atoms with van der Waals surface area (Å²) < 4.78 is 1.37. The molecule has 2 N–H and O–H groups in total. The summed E-state index contributed by atoms with van der Waals surface area (Å²) in [7, 11) is 0. The number of carbonyl (C=O) groups is 1. The molecule has 0 bridgehead atoms. The first-order chi connectivity index (χ1) is 13.5. The van der Waals surface area contributed by atoms with Crippen molar-refractivity contribution >= 4 is 11.6 Å². The van der Waals surface area contributed by atoms with E-state index in [1.807, 2.05) is 61.5 Å². The Bertz CT molecular complexity index is 1030. The van der Waals surface area contributed by atoms with Crippen LogP contribution in [0.4, 0.5) is 5.69 Å². The topological polar surface area (TPSA) is 84.2 Å². The summed E-state index contributed by atoms with van der Waals surface area (Å²) in [6, 6.07) is 16.7. The van der Waals surface area contributed by atoms with E-state index in [9.17, 15) is 14.7 Å². The predicted molar refractivity (Wildman–Crippen MR) is 109 cm³/mol. The Balaban J connectivity index is 1.99. The number of aliphatic hydroxyl groups is 1. The lowest BCUT2D eigenvalue weighted by Gasteiger charge is -2.16. The van der Waals surface area contributed by atoms with E-state index >= 15 is 0 Å². The molecule has 0 saturated carbocycles. The highest BCUT2D eigenvalue weighted by atomic mass is 16.3. The highest BCUT2D eigenvalue weighted by Gasteiger charge is 2.17. The fourth-order valence-electron chi connectivity index (χ4n) is 3.04. The van der Waals surface area contributed by atoms with Crippen molar-refractivity contribution in [3.63, 3.8) is 0 Å². The number of aromatic nitrogens is 2. The van der Waals surface area contributed by atoms with E-state index < -0.39 is 0 Å². The van der Waals surface area contributed by atoms with Gasteiger partial charge in [0.05, 0.1) is 0 Å². The minimum atomic E-state index is -0.316. The van der Waals surface area contributed by atoms with Gasteiger partial charge in [0.1, 0.15) is 12.4 Å². The molecule has 28 heavy (non-hydrogen) atoms. The highest BCUT2D eigenvalue weighted by molar-refractivity contribution is 5.90. The largest absolute Gasteiger partial charge is 0.396 e. The number of rotatable bonds is 6. The number of amides is 1. The molecule has 0 radical (unpaired) electrons. The number of nitrogens with zero attached hydrogens (tertiary/aromatic N) is 2. The summed E-state index contributed by atoms with van der Waals surface area (Å²) in [6.45, 7) is 3.40. The van der Waals surface area contributed by atoms with Crippen LogP contribution >= 0.6 is 0 Å². The number of hydrogen-bond acceptors (Lipinski definition) is 4. The standard InChI is InChI=1S/C22H23N3O3/c1-15-8-10-18(11-9-15)24-20(27)14-25-21(17-6-4-3-5-7-17)23-16(2)19(12-13-26)22(25)28/h3-11,26H,12-14H2,1-2H3,(H,24,27). The van der Waals surface area contributed by atoms with Crippen LogP contribution in [-0.2, 0) is 17.8 Å². The quantitative estimate of drug-likeness (QED) is 0.692. The first-order valence-electron chi connectivity index (χ1n) is 9.12. The monoisotopic (exact) mass is 377 g/mol. The third kappa shape index (κ3) is 4.35. The van der Waals surface area contributed by atoms with Crippen molar-refractivity contribution in [2.24, 2.45) is 0 Å². The number of benzene rings is 2. The second kappa shape index (κ2) is 8.63. The van der Waals surface area contributed by atoms with E-state index in [0.29, 0.717) is 22.8 Å². The van der Waals surface area contributed by atoms with Crippen LogP contribution in [0.15, 0.2) is 59.4 Å². The fraction of sp³-hybridized carbons (Fsp3) is 0.227. The molecule has 6 nitrogen and oxygen atoms in total. The van der Waals surface area contributed by atoms with Gasteiger partial charge in [0, 0.05) is 35.5 Å². The number of aryl methyl sites for hydroxylation is 2. The van der Waals surface area contributed by atoms with Gasteiger partial charge in [-0.1, -0.05) is 48.0 Å². The van der Waals surface area contributed by atoms with E-state index in [-0.39, 0.29) is 31.0 Å². The maximum Gasteiger partial charge on any atom is 0.257 e. The van der Waals surface area contributed by atoms with Crippen LogP contribution in [-0.4, -0.2) is 27.2 Å². The number of carbonyl (C=O) groups excluding carboxylic acids is 1. The molecule has 1 heterocycles. The van der Waals surface area contributed by atoms with Gasteiger partial charge in [-0.25, -0.2) is 4.98 Å². The van der Waals surface area contributed by atoms with E-state index in [1.54, 1.807) is 6.92 Å².